The number of nitrogens with zero attached hydrogens (tertiary/aromatic N) is 6. The van der Waals surface area contributed by atoms with Crippen LogP contribution >= 0.6 is 11.6 Å². The summed E-state index contributed by atoms with van der Waals surface area (Å²) in [5.41, 5.74) is 9.77. The van der Waals surface area contributed by atoms with E-state index in [9.17, 15) is 19.1 Å². The Kier molecular flexibility index (Phi) is 5.08. The van der Waals surface area contributed by atoms with Gasteiger partial charge >= 0.3 is 5.97 Å². The predicted molar refractivity (Wildman–Crippen MR) is 142 cm³/mol. The summed E-state index contributed by atoms with van der Waals surface area (Å²) < 4.78 is 17.6. The van der Waals surface area contributed by atoms with Gasteiger partial charge in [0.1, 0.15) is 5.82 Å². The third kappa shape index (κ3) is 3.76. The Hall–Kier alpha value is -4.64. The summed E-state index contributed by atoms with van der Waals surface area (Å²) in [6, 6.07) is 11.5. The molecule has 3 atom stereocenters. The number of nitrogen functional groups attached to an aromatic ring is 1. The maximum Gasteiger partial charge on any atom is 0.358 e. The lowest BCUT2D eigenvalue weighted by Crippen LogP contribution is -2.29. The monoisotopic (exact) mass is 543 g/mol. The number of anilines is 1. The number of rotatable bonds is 5. The van der Waals surface area contributed by atoms with Crippen LogP contribution in [0.2, 0.25) is 5.02 Å². The van der Waals surface area contributed by atoms with Crippen molar-refractivity contribution in [2.75, 3.05) is 5.73 Å². The number of pyridine rings is 2. The van der Waals surface area contributed by atoms with Gasteiger partial charge in [-0.25, -0.2) is 14.5 Å². The zero-order valence-electron chi connectivity index (χ0n) is 20.1. The minimum absolute atomic E-state index is 0.109. The molecule has 2 aliphatic heterocycles. The van der Waals surface area contributed by atoms with Crippen LogP contribution in [0.15, 0.2) is 64.6 Å². The third-order valence-electron chi connectivity index (χ3n) is 7.55. The molecule has 0 spiro atoms. The van der Waals surface area contributed by atoms with E-state index >= 15 is 0 Å². The largest absolute Gasteiger partial charge is 0.476 e. The van der Waals surface area contributed by atoms with E-state index in [0.717, 1.165) is 17.8 Å². The summed E-state index contributed by atoms with van der Waals surface area (Å²) in [5, 5.41) is 17.4. The molecule has 3 N–H and O–H groups in total. The maximum atomic E-state index is 14.4. The average molecular weight is 544 g/mol. The Labute approximate surface area is 224 Å². The molecule has 0 radical (unpaired) electrons. The van der Waals surface area contributed by atoms with Crippen LogP contribution in [0.4, 0.5) is 10.2 Å². The minimum atomic E-state index is -1.19. The number of benzene rings is 1. The van der Waals surface area contributed by atoms with Crippen LogP contribution in [0.1, 0.15) is 46.5 Å². The molecule has 0 amide bonds. The number of carboxylic acid groups (broad SMARTS) is 1. The highest BCUT2D eigenvalue weighted by Gasteiger charge is 2.54. The number of aromatic nitrogens is 5. The van der Waals surface area contributed by atoms with E-state index in [-0.39, 0.29) is 34.9 Å². The van der Waals surface area contributed by atoms with Crippen molar-refractivity contribution in [1.82, 2.24) is 24.5 Å². The first-order valence-electron chi connectivity index (χ1n) is 12.2. The molecule has 0 saturated heterocycles. The van der Waals surface area contributed by atoms with Crippen LogP contribution in [0.25, 0.3) is 22.4 Å². The van der Waals surface area contributed by atoms with E-state index in [2.05, 4.69) is 20.3 Å². The summed E-state index contributed by atoms with van der Waals surface area (Å²) in [7, 11) is 0. The van der Waals surface area contributed by atoms with Gasteiger partial charge < -0.3 is 15.4 Å². The number of carboxylic acids is 1. The van der Waals surface area contributed by atoms with E-state index in [4.69, 9.17) is 17.3 Å². The number of carbonyl (C=O) groups is 1. The van der Waals surface area contributed by atoms with Crippen molar-refractivity contribution in [2.24, 2.45) is 10.9 Å². The van der Waals surface area contributed by atoms with Gasteiger partial charge in [0.15, 0.2) is 5.69 Å². The van der Waals surface area contributed by atoms with Crippen LogP contribution in [-0.2, 0) is 0 Å². The van der Waals surface area contributed by atoms with Crippen molar-refractivity contribution in [1.29, 1.82) is 0 Å². The molecular weight excluding hydrogens is 525 g/mol. The molecule has 1 aliphatic carbocycles. The highest BCUT2D eigenvalue weighted by atomic mass is 35.5. The second-order valence-corrected chi connectivity index (χ2v) is 10.3. The zero-order chi connectivity index (χ0) is 27.0. The normalized spacial score (nSPS) is 20.8. The Morgan fingerprint density at radius 2 is 2.00 bits per heavy atom. The molecule has 194 valence electrons. The van der Waals surface area contributed by atoms with Crippen molar-refractivity contribution in [3.63, 3.8) is 0 Å². The standard InChI is InChI=1S/C27H19ClFN7O3/c28-14-1-3-21(35-11-20(27(38)39)33-34-35)16(8-14)12-6-22-17-9-18(17)25(36(22)24(37)7-12)19-5-13(10-31-19)15-2-4-23(30)32-26(15)29/h1-4,6-8,10-11,17-18,25H,5,9H2,(H2,30,32)(H,38,39)/t17-,18+,25+/m1/s1. The number of aliphatic imine (C=N–C) groups is 1. The highest BCUT2D eigenvalue weighted by Crippen LogP contribution is 2.60. The molecule has 7 rings (SSSR count). The first-order chi connectivity index (χ1) is 18.8. The Morgan fingerprint density at radius 1 is 1.15 bits per heavy atom. The molecule has 12 heteroatoms. The van der Waals surface area contributed by atoms with E-state index in [1.165, 1.54) is 10.9 Å². The minimum Gasteiger partial charge on any atom is -0.476 e. The number of fused-ring (bicyclic) bond motifs is 3. The van der Waals surface area contributed by atoms with Crippen LogP contribution in [-0.4, -0.2) is 41.3 Å². The molecule has 5 heterocycles. The average Bonchev–Trinajstić information content (AvgIpc) is 3.22. The molecular formula is C27H19ClFN7O3. The molecule has 0 bridgehead atoms. The molecule has 1 saturated carbocycles. The van der Waals surface area contributed by atoms with Crippen molar-refractivity contribution >= 4 is 34.7 Å². The lowest BCUT2D eigenvalue weighted by molar-refractivity contribution is 0.0690. The van der Waals surface area contributed by atoms with Crippen LogP contribution in [0.5, 0.6) is 0 Å². The van der Waals surface area contributed by atoms with Crippen LogP contribution < -0.4 is 11.3 Å². The first-order valence-corrected chi connectivity index (χ1v) is 12.6. The van der Waals surface area contributed by atoms with Gasteiger partial charge in [0.05, 0.1) is 17.9 Å². The van der Waals surface area contributed by atoms with Crippen molar-refractivity contribution in [2.45, 2.75) is 24.8 Å². The topological polar surface area (TPSA) is 141 Å². The van der Waals surface area contributed by atoms with Crippen molar-refractivity contribution in [3.8, 4) is 16.8 Å². The quantitative estimate of drug-likeness (QED) is 0.361. The molecule has 4 aromatic rings. The molecule has 1 aromatic carbocycles. The fourth-order valence-electron chi connectivity index (χ4n) is 5.73. The second-order valence-electron chi connectivity index (χ2n) is 9.87. The summed E-state index contributed by atoms with van der Waals surface area (Å²) >= 11 is 6.31. The second kappa shape index (κ2) is 8.43. The fraction of sp³-hybridized carbons (Fsp3) is 0.185. The number of allylic oxidation sites excluding steroid dienone is 1. The third-order valence-corrected chi connectivity index (χ3v) is 7.78. The highest BCUT2D eigenvalue weighted by molar-refractivity contribution is 6.31. The lowest BCUT2D eigenvalue weighted by Gasteiger charge is -2.20. The van der Waals surface area contributed by atoms with Gasteiger partial charge in [0.2, 0.25) is 5.95 Å². The molecule has 1 fully saturated rings. The van der Waals surface area contributed by atoms with E-state index < -0.39 is 11.9 Å². The zero-order valence-corrected chi connectivity index (χ0v) is 20.9. The Morgan fingerprint density at radius 3 is 2.77 bits per heavy atom. The fourth-order valence-corrected chi connectivity index (χ4v) is 5.90. The maximum absolute atomic E-state index is 14.4. The smallest absolute Gasteiger partial charge is 0.358 e. The number of hydrogen-bond acceptors (Lipinski definition) is 7. The molecule has 3 aliphatic rings. The first kappa shape index (κ1) is 23.5. The van der Waals surface area contributed by atoms with Gasteiger partial charge in [-0.1, -0.05) is 16.8 Å². The summed E-state index contributed by atoms with van der Waals surface area (Å²) in [5.74, 6) is -1.28. The van der Waals surface area contributed by atoms with Gasteiger partial charge in [-0.05, 0) is 59.9 Å². The van der Waals surface area contributed by atoms with Gasteiger partial charge in [-0.3, -0.25) is 9.79 Å². The van der Waals surface area contributed by atoms with Crippen LogP contribution in [0.3, 0.4) is 0 Å². The predicted octanol–water partition coefficient (Wildman–Crippen LogP) is 4.11. The number of nitrogens with two attached hydrogens (primary N) is 1. The Balaban J connectivity index is 1.24. The van der Waals surface area contributed by atoms with Gasteiger partial charge in [0, 0.05) is 52.2 Å². The molecule has 10 nitrogen and oxygen atoms in total. The number of aromatic carboxylic acids is 1. The van der Waals surface area contributed by atoms with Gasteiger partial charge in [-0.15, -0.1) is 5.10 Å². The van der Waals surface area contributed by atoms with Crippen molar-refractivity contribution in [3.05, 3.63) is 93.1 Å². The summed E-state index contributed by atoms with van der Waals surface area (Å²) in [6.45, 7) is 0. The molecule has 39 heavy (non-hydrogen) atoms. The molecule has 3 aromatic heterocycles. The van der Waals surface area contributed by atoms with Gasteiger partial charge in [0.25, 0.3) is 5.56 Å². The SMILES string of the molecule is Nc1ccc(C2=CN=C([C@@H]3[C@H]4C[C@H]4c4cc(-c5cc(Cl)ccc5-n5cc(C(=O)O)nn5)cc(=O)n43)C2)c(F)n1. The van der Waals surface area contributed by atoms with E-state index in [1.807, 2.05) is 6.07 Å². The number of halogens is 2. The van der Waals surface area contributed by atoms with E-state index in [0.29, 0.717) is 39.4 Å². The molecule has 0 unspecified atom stereocenters. The lowest BCUT2D eigenvalue weighted by atomic mass is 9.98. The van der Waals surface area contributed by atoms with E-state index in [1.54, 1.807) is 47.2 Å². The van der Waals surface area contributed by atoms with Crippen molar-refractivity contribution < 1.29 is 14.3 Å². The summed E-state index contributed by atoms with van der Waals surface area (Å²) in [6.07, 6.45) is 4.29. The number of hydrogen-bond donors (Lipinski definition) is 2. The Bertz CT molecular complexity index is 1840. The van der Waals surface area contributed by atoms with Gasteiger partial charge in [-0.2, -0.15) is 4.39 Å². The summed E-state index contributed by atoms with van der Waals surface area (Å²) in [4.78, 5) is 33.2. The van der Waals surface area contributed by atoms with Crippen LogP contribution in [0, 0.1) is 11.9 Å².